The summed E-state index contributed by atoms with van der Waals surface area (Å²) >= 11 is 0. The lowest BCUT2D eigenvalue weighted by molar-refractivity contribution is -0.0698. The van der Waals surface area contributed by atoms with Gasteiger partial charge in [-0.15, -0.1) is 0 Å². The van der Waals surface area contributed by atoms with E-state index in [0.29, 0.717) is 12.8 Å². The van der Waals surface area contributed by atoms with Gasteiger partial charge in [-0.2, -0.15) is 8.42 Å². The first-order chi connectivity index (χ1) is 7.09. The fourth-order valence-corrected chi connectivity index (χ4v) is 3.90. The summed E-state index contributed by atoms with van der Waals surface area (Å²) in [6, 6.07) is 0. The molecule has 1 aliphatic carbocycles. The normalized spacial score (nSPS) is 48.3. The lowest BCUT2D eigenvalue weighted by Crippen LogP contribution is -2.42. The van der Waals surface area contributed by atoms with Crippen molar-refractivity contribution in [2.24, 2.45) is 0 Å². The first-order valence-electron chi connectivity index (χ1n) is 5.34. The highest BCUT2D eigenvalue weighted by Gasteiger charge is 2.50. The Labute approximate surface area is 89.0 Å². The van der Waals surface area contributed by atoms with Crippen LogP contribution in [0.4, 0.5) is 0 Å². The summed E-state index contributed by atoms with van der Waals surface area (Å²) < 4.78 is 37.7. The highest BCUT2D eigenvalue weighted by atomic mass is 32.3. The first-order valence-corrected chi connectivity index (χ1v) is 6.67. The molecule has 3 fully saturated rings. The predicted octanol–water partition coefficient (Wildman–Crippen LogP) is 0.748. The van der Waals surface area contributed by atoms with Crippen molar-refractivity contribution in [2.45, 2.75) is 49.9 Å². The van der Waals surface area contributed by atoms with Gasteiger partial charge in [0, 0.05) is 13.0 Å². The molecule has 5 nitrogen and oxygen atoms in total. The molecule has 3 atom stereocenters. The number of ether oxygens (including phenoxy) is 1. The largest absolute Gasteiger partial charge is 0.400 e. The number of rotatable bonds is 0. The Hall–Kier alpha value is -0.170. The van der Waals surface area contributed by atoms with Gasteiger partial charge in [-0.1, -0.05) is 0 Å². The quantitative estimate of drug-likeness (QED) is 0.619. The molecule has 2 aliphatic heterocycles. The van der Waals surface area contributed by atoms with Gasteiger partial charge < -0.3 is 4.74 Å². The maximum absolute atomic E-state index is 11.1. The van der Waals surface area contributed by atoms with Crippen LogP contribution in [0, 0.1) is 0 Å². The van der Waals surface area contributed by atoms with Gasteiger partial charge in [0.2, 0.25) is 0 Å². The molecule has 3 aliphatic rings. The van der Waals surface area contributed by atoms with E-state index in [1.165, 1.54) is 0 Å². The molecule has 0 N–H and O–H groups in total. The summed E-state index contributed by atoms with van der Waals surface area (Å²) in [6.45, 7) is 0.783. The molecule has 6 heteroatoms. The first kappa shape index (κ1) is 10.0. The van der Waals surface area contributed by atoms with Crippen LogP contribution in [0.5, 0.6) is 0 Å². The maximum atomic E-state index is 11.1. The molecule has 2 heterocycles. The Bertz CT molecular complexity index is 357. The second-order valence-corrected chi connectivity index (χ2v) is 5.76. The maximum Gasteiger partial charge on any atom is 0.400 e. The topological polar surface area (TPSA) is 61.8 Å². The van der Waals surface area contributed by atoms with Crippen LogP contribution in [-0.2, 0) is 23.5 Å². The molecule has 0 aromatic heterocycles. The van der Waals surface area contributed by atoms with Crippen LogP contribution < -0.4 is 0 Å². The van der Waals surface area contributed by atoms with Crippen molar-refractivity contribution < 1.29 is 21.5 Å². The van der Waals surface area contributed by atoms with Crippen molar-refractivity contribution in [2.75, 3.05) is 6.61 Å². The Morgan fingerprint density at radius 1 is 1.13 bits per heavy atom. The third-order valence-electron chi connectivity index (χ3n) is 3.54. The molecule has 0 aromatic rings. The van der Waals surface area contributed by atoms with Crippen LogP contribution in [0.3, 0.4) is 0 Å². The Morgan fingerprint density at radius 2 is 1.93 bits per heavy atom. The monoisotopic (exact) mass is 234 g/mol. The van der Waals surface area contributed by atoms with Crippen molar-refractivity contribution in [1.29, 1.82) is 0 Å². The van der Waals surface area contributed by atoms with Gasteiger partial charge >= 0.3 is 10.4 Å². The average molecular weight is 234 g/mol. The molecule has 1 spiro atoms. The summed E-state index contributed by atoms with van der Waals surface area (Å²) in [4.78, 5) is 0. The highest BCUT2D eigenvalue weighted by molar-refractivity contribution is 7.82. The van der Waals surface area contributed by atoms with E-state index in [1.54, 1.807) is 0 Å². The fourth-order valence-electron chi connectivity index (χ4n) is 2.84. The molecule has 0 unspecified atom stereocenters. The van der Waals surface area contributed by atoms with Crippen LogP contribution in [0.25, 0.3) is 0 Å². The zero-order valence-corrected chi connectivity index (χ0v) is 9.16. The third kappa shape index (κ3) is 1.69. The molecule has 0 aromatic carbocycles. The molecule has 0 amide bonds. The van der Waals surface area contributed by atoms with Crippen molar-refractivity contribution >= 4 is 10.4 Å². The lowest BCUT2D eigenvalue weighted by Gasteiger charge is -2.36. The summed E-state index contributed by atoms with van der Waals surface area (Å²) in [5.74, 6) is 0. The zero-order valence-electron chi connectivity index (χ0n) is 8.35. The second-order valence-electron chi connectivity index (χ2n) is 4.56. The van der Waals surface area contributed by atoms with E-state index in [4.69, 9.17) is 13.1 Å². The van der Waals surface area contributed by atoms with Crippen molar-refractivity contribution in [1.82, 2.24) is 0 Å². The lowest BCUT2D eigenvalue weighted by atomic mass is 9.80. The summed E-state index contributed by atoms with van der Waals surface area (Å²) in [5, 5.41) is 0. The molecular formula is C9H14O5S. The van der Waals surface area contributed by atoms with E-state index >= 15 is 0 Å². The van der Waals surface area contributed by atoms with Crippen molar-refractivity contribution in [3.05, 3.63) is 0 Å². The van der Waals surface area contributed by atoms with Crippen LogP contribution in [0.1, 0.15) is 32.1 Å². The molecule has 3 rings (SSSR count). The van der Waals surface area contributed by atoms with Gasteiger partial charge in [0.05, 0.1) is 5.60 Å². The summed E-state index contributed by atoms with van der Waals surface area (Å²) in [5.41, 5.74) is -0.135. The van der Waals surface area contributed by atoms with E-state index in [9.17, 15) is 8.42 Å². The molecule has 0 radical (unpaired) electrons. The van der Waals surface area contributed by atoms with E-state index in [0.717, 1.165) is 25.9 Å². The Kier molecular flexibility index (Phi) is 2.11. The van der Waals surface area contributed by atoms with E-state index in [1.807, 2.05) is 0 Å². The fraction of sp³-hybridized carbons (Fsp3) is 1.00. The van der Waals surface area contributed by atoms with Gasteiger partial charge in [0.25, 0.3) is 0 Å². The minimum absolute atomic E-state index is 0.135. The summed E-state index contributed by atoms with van der Waals surface area (Å²) in [6.07, 6.45) is 3.70. The predicted molar refractivity (Wildman–Crippen MR) is 50.4 cm³/mol. The highest BCUT2D eigenvalue weighted by Crippen LogP contribution is 2.44. The molecule has 86 valence electrons. The Balaban J connectivity index is 1.78. The van der Waals surface area contributed by atoms with E-state index in [-0.39, 0.29) is 17.8 Å². The van der Waals surface area contributed by atoms with Crippen molar-refractivity contribution in [3.8, 4) is 0 Å². The SMILES string of the molecule is O=S1(=O)O[C@H]2C[C@]3(CCCO3)CC[C@H]2O1. The van der Waals surface area contributed by atoms with Gasteiger partial charge in [0.15, 0.2) is 0 Å². The second kappa shape index (κ2) is 3.16. The van der Waals surface area contributed by atoms with Gasteiger partial charge in [0.1, 0.15) is 12.2 Å². The van der Waals surface area contributed by atoms with Gasteiger partial charge in [-0.05, 0) is 25.7 Å². The molecule has 0 bridgehead atoms. The molecule has 15 heavy (non-hydrogen) atoms. The molecule has 1 saturated carbocycles. The van der Waals surface area contributed by atoms with Gasteiger partial charge in [-0.3, -0.25) is 0 Å². The number of hydrogen-bond donors (Lipinski definition) is 0. The average Bonchev–Trinajstić information content (AvgIpc) is 2.69. The van der Waals surface area contributed by atoms with E-state index in [2.05, 4.69) is 0 Å². The number of hydrogen-bond acceptors (Lipinski definition) is 5. The van der Waals surface area contributed by atoms with Crippen molar-refractivity contribution in [3.63, 3.8) is 0 Å². The molecule has 2 saturated heterocycles. The van der Waals surface area contributed by atoms with E-state index < -0.39 is 10.4 Å². The zero-order chi connectivity index (χ0) is 10.5. The molecular weight excluding hydrogens is 220 g/mol. The number of fused-ring (bicyclic) bond motifs is 1. The third-order valence-corrected chi connectivity index (χ3v) is 4.51. The smallest absolute Gasteiger partial charge is 0.375 e. The van der Waals surface area contributed by atoms with Crippen LogP contribution in [-0.4, -0.2) is 32.8 Å². The standard InChI is InChI=1S/C9H14O5S/c10-15(11)13-7-2-4-9(3-1-5-12-9)6-8(7)14-15/h7-8H,1-6H2/t7-,8+,9+/m1/s1. The van der Waals surface area contributed by atoms with Crippen LogP contribution in [0.2, 0.25) is 0 Å². The van der Waals surface area contributed by atoms with Crippen LogP contribution >= 0.6 is 0 Å². The van der Waals surface area contributed by atoms with Gasteiger partial charge in [-0.25, -0.2) is 8.37 Å². The van der Waals surface area contributed by atoms with Crippen LogP contribution in [0.15, 0.2) is 0 Å². The summed E-state index contributed by atoms with van der Waals surface area (Å²) in [7, 11) is -3.73. The Morgan fingerprint density at radius 3 is 2.67 bits per heavy atom. The minimum atomic E-state index is -3.73. The minimum Gasteiger partial charge on any atom is -0.375 e.